The molecule has 0 atom stereocenters. The van der Waals surface area contributed by atoms with E-state index in [1.807, 2.05) is 35.0 Å². The lowest BCUT2D eigenvalue weighted by Crippen LogP contribution is -2.28. The lowest BCUT2D eigenvalue weighted by Gasteiger charge is -2.08. The maximum atomic E-state index is 13.3. The largest absolute Gasteiger partial charge is 0.351 e. The van der Waals surface area contributed by atoms with Gasteiger partial charge in [0.25, 0.3) is 5.91 Å². The highest BCUT2D eigenvalue weighted by Crippen LogP contribution is 2.21. The molecule has 2 N–H and O–H groups in total. The molecular formula is C22H17BrFN5O2. The highest BCUT2D eigenvalue weighted by molar-refractivity contribution is 9.10. The summed E-state index contributed by atoms with van der Waals surface area (Å²) in [6.45, 7) is 0.125. The SMILES string of the molecule is O=C(CCNC(=O)c1cc(F)ccc1Br)Nc1ccc(-c2cn3cccnc3n2)cc1. The number of nitrogens with one attached hydrogen (secondary N) is 2. The molecule has 4 rings (SSSR count). The van der Waals surface area contributed by atoms with Gasteiger partial charge in [0.05, 0.1) is 11.3 Å². The van der Waals surface area contributed by atoms with E-state index in [0.717, 1.165) is 17.3 Å². The fraction of sp³-hybridized carbons (Fsp3) is 0.0909. The summed E-state index contributed by atoms with van der Waals surface area (Å²) < 4.78 is 15.6. The van der Waals surface area contributed by atoms with Crippen LogP contribution in [0.1, 0.15) is 16.8 Å². The van der Waals surface area contributed by atoms with E-state index in [1.54, 1.807) is 18.3 Å². The van der Waals surface area contributed by atoms with Crippen LogP contribution in [0.4, 0.5) is 10.1 Å². The molecule has 0 radical (unpaired) electrons. The van der Waals surface area contributed by atoms with E-state index >= 15 is 0 Å². The second-order valence-electron chi connectivity index (χ2n) is 6.71. The minimum absolute atomic E-state index is 0.0819. The van der Waals surface area contributed by atoms with Gasteiger partial charge in [-0.05, 0) is 52.3 Å². The highest BCUT2D eigenvalue weighted by Gasteiger charge is 2.12. The first kappa shape index (κ1) is 20.7. The van der Waals surface area contributed by atoms with Crippen molar-refractivity contribution in [3.8, 4) is 11.3 Å². The average molecular weight is 482 g/mol. The van der Waals surface area contributed by atoms with Crippen molar-refractivity contribution >= 4 is 39.2 Å². The first-order valence-electron chi connectivity index (χ1n) is 9.43. The van der Waals surface area contributed by atoms with E-state index in [9.17, 15) is 14.0 Å². The number of carbonyl (C=O) groups is 2. The summed E-state index contributed by atoms with van der Waals surface area (Å²) in [4.78, 5) is 33.0. The van der Waals surface area contributed by atoms with Crippen LogP contribution in [0.5, 0.6) is 0 Å². The van der Waals surface area contributed by atoms with Crippen molar-refractivity contribution in [1.82, 2.24) is 19.7 Å². The Morgan fingerprint density at radius 2 is 1.94 bits per heavy atom. The van der Waals surface area contributed by atoms with Gasteiger partial charge in [0.1, 0.15) is 5.82 Å². The molecular weight excluding hydrogens is 465 g/mol. The maximum absolute atomic E-state index is 13.3. The quantitative estimate of drug-likeness (QED) is 0.434. The number of nitrogens with zero attached hydrogens (tertiary/aromatic N) is 3. The van der Waals surface area contributed by atoms with Gasteiger partial charge >= 0.3 is 0 Å². The average Bonchev–Trinajstić information content (AvgIpc) is 3.20. The van der Waals surface area contributed by atoms with Crippen molar-refractivity contribution in [3.05, 3.63) is 83.0 Å². The van der Waals surface area contributed by atoms with Crippen LogP contribution in [-0.4, -0.2) is 32.7 Å². The molecule has 0 aliphatic heterocycles. The smallest absolute Gasteiger partial charge is 0.252 e. The molecule has 0 spiro atoms. The predicted octanol–water partition coefficient (Wildman–Crippen LogP) is 4.06. The van der Waals surface area contributed by atoms with Gasteiger partial charge in [-0.15, -0.1) is 0 Å². The molecule has 2 aromatic heterocycles. The third-order valence-electron chi connectivity index (χ3n) is 4.51. The van der Waals surface area contributed by atoms with Crippen LogP contribution in [-0.2, 0) is 4.79 Å². The number of hydrogen-bond donors (Lipinski definition) is 2. The number of hydrogen-bond acceptors (Lipinski definition) is 4. The van der Waals surface area contributed by atoms with Crippen LogP contribution >= 0.6 is 15.9 Å². The van der Waals surface area contributed by atoms with Crippen molar-refractivity contribution in [3.63, 3.8) is 0 Å². The first-order chi connectivity index (χ1) is 15.0. The summed E-state index contributed by atoms with van der Waals surface area (Å²) in [5, 5.41) is 5.40. The molecule has 0 aliphatic carbocycles. The van der Waals surface area contributed by atoms with Crippen LogP contribution in [0.3, 0.4) is 0 Å². The van der Waals surface area contributed by atoms with Crippen molar-refractivity contribution in [2.24, 2.45) is 0 Å². The van der Waals surface area contributed by atoms with Crippen LogP contribution in [0.15, 0.2) is 71.6 Å². The highest BCUT2D eigenvalue weighted by atomic mass is 79.9. The number of amides is 2. The Labute approximate surface area is 185 Å². The number of fused-ring (bicyclic) bond motifs is 1. The van der Waals surface area contributed by atoms with E-state index in [-0.39, 0.29) is 24.4 Å². The van der Waals surface area contributed by atoms with Crippen LogP contribution < -0.4 is 10.6 Å². The van der Waals surface area contributed by atoms with Gasteiger partial charge < -0.3 is 10.6 Å². The zero-order chi connectivity index (χ0) is 21.8. The molecule has 9 heteroatoms. The monoisotopic (exact) mass is 481 g/mol. The Morgan fingerprint density at radius 1 is 1.13 bits per heavy atom. The number of rotatable bonds is 6. The predicted molar refractivity (Wildman–Crippen MR) is 118 cm³/mol. The standard InChI is InChI=1S/C22H17BrFN5O2/c23-18-7-4-15(24)12-17(18)21(31)25-10-8-20(30)27-16-5-2-14(3-6-16)19-13-29-11-1-9-26-22(29)28-19/h1-7,9,11-13H,8,10H2,(H,25,31)(H,27,30). The van der Waals surface area contributed by atoms with Gasteiger partial charge in [-0.3, -0.25) is 14.0 Å². The lowest BCUT2D eigenvalue weighted by molar-refractivity contribution is -0.116. The number of imidazole rings is 1. The molecule has 0 aliphatic rings. The summed E-state index contributed by atoms with van der Waals surface area (Å²) in [6, 6.07) is 13.0. The second kappa shape index (κ2) is 9.05. The third kappa shape index (κ3) is 4.95. The number of anilines is 1. The fourth-order valence-corrected chi connectivity index (χ4v) is 3.40. The zero-order valence-electron chi connectivity index (χ0n) is 16.2. The summed E-state index contributed by atoms with van der Waals surface area (Å²) >= 11 is 3.21. The number of carbonyl (C=O) groups excluding carboxylic acids is 2. The zero-order valence-corrected chi connectivity index (χ0v) is 17.8. The molecule has 2 amide bonds. The van der Waals surface area contributed by atoms with Crippen molar-refractivity contribution in [1.29, 1.82) is 0 Å². The Balaban J connectivity index is 1.30. The molecule has 0 bridgehead atoms. The molecule has 0 saturated heterocycles. The third-order valence-corrected chi connectivity index (χ3v) is 5.20. The van der Waals surface area contributed by atoms with Gasteiger partial charge in [0.2, 0.25) is 11.7 Å². The van der Waals surface area contributed by atoms with Gasteiger partial charge in [0.15, 0.2) is 0 Å². The van der Waals surface area contributed by atoms with E-state index in [0.29, 0.717) is 15.9 Å². The summed E-state index contributed by atoms with van der Waals surface area (Å²) in [6.07, 6.45) is 5.53. The number of aromatic nitrogens is 3. The first-order valence-corrected chi connectivity index (χ1v) is 10.2. The molecule has 2 heterocycles. The molecule has 0 unspecified atom stereocenters. The fourth-order valence-electron chi connectivity index (χ4n) is 2.97. The van der Waals surface area contributed by atoms with Crippen molar-refractivity contribution in [2.75, 3.05) is 11.9 Å². The van der Waals surface area contributed by atoms with E-state index in [4.69, 9.17) is 0 Å². The van der Waals surface area contributed by atoms with Gasteiger partial charge in [-0.2, -0.15) is 0 Å². The Morgan fingerprint density at radius 3 is 2.71 bits per heavy atom. The van der Waals surface area contributed by atoms with E-state index < -0.39 is 11.7 Å². The van der Waals surface area contributed by atoms with Crippen molar-refractivity contribution < 1.29 is 14.0 Å². The van der Waals surface area contributed by atoms with Crippen molar-refractivity contribution in [2.45, 2.75) is 6.42 Å². The summed E-state index contributed by atoms with van der Waals surface area (Å²) in [5.74, 6) is -0.592. The van der Waals surface area contributed by atoms with Gasteiger partial charge in [0, 0.05) is 47.3 Å². The Kier molecular flexibility index (Phi) is 6.03. The lowest BCUT2D eigenvalue weighted by atomic mass is 10.1. The normalized spacial score (nSPS) is 10.8. The molecule has 0 saturated carbocycles. The topological polar surface area (TPSA) is 88.4 Å². The van der Waals surface area contributed by atoms with E-state index in [2.05, 4.69) is 36.5 Å². The Hall–Kier alpha value is -3.59. The minimum atomic E-state index is -0.505. The van der Waals surface area contributed by atoms with Gasteiger partial charge in [-0.1, -0.05) is 12.1 Å². The molecule has 2 aromatic carbocycles. The van der Waals surface area contributed by atoms with E-state index in [1.165, 1.54) is 12.1 Å². The summed E-state index contributed by atoms with van der Waals surface area (Å²) in [5.41, 5.74) is 2.49. The number of halogens is 2. The van der Waals surface area contributed by atoms with Crippen LogP contribution in [0.25, 0.3) is 17.0 Å². The summed E-state index contributed by atoms with van der Waals surface area (Å²) in [7, 11) is 0. The Bertz CT molecular complexity index is 1220. The van der Waals surface area contributed by atoms with Crippen LogP contribution in [0.2, 0.25) is 0 Å². The molecule has 4 aromatic rings. The molecule has 156 valence electrons. The van der Waals surface area contributed by atoms with Gasteiger partial charge in [-0.25, -0.2) is 14.4 Å². The van der Waals surface area contributed by atoms with Crippen LogP contribution in [0, 0.1) is 5.82 Å². The number of benzene rings is 2. The minimum Gasteiger partial charge on any atom is -0.351 e. The second-order valence-corrected chi connectivity index (χ2v) is 7.56. The molecule has 7 nitrogen and oxygen atoms in total. The molecule has 31 heavy (non-hydrogen) atoms. The molecule has 0 fully saturated rings. The maximum Gasteiger partial charge on any atom is 0.252 e.